The third-order valence-electron chi connectivity index (χ3n) is 3.58. The van der Waals surface area contributed by atoms with Crippen LogP contribution in [0.25, 0.3) is 0 Å². The van der Waals surface area contributed by atoms with Crippen LogP contribution in [0.2, 0.25) is 0 Å². The van der Waals surface area contributed by atoms with Crippen molar-refractivity contribution in [2.45, 2.75) is 45.6 Å². The van der Waals surface area contributed by atoms with E-state index in [1.807, 2.05) is 4.90 Å². The second-order valence-corrected chi connectivity index (χ2v) is 5.75. The lowest BCUT2D eigenvalue weighted by Crippen LogP contribution is -2.40. The molecule has 0 aliphatic carbocycles. The monoisotopic (exact) mass is 283 g/mol. The van der Waals surface area contributed by atoms with Crippen molar-refractivity contribution in [3.8, 4) is 0 Å². The molecule has 4 nitrogen and oxygen atoms in total. The van der Waals surface area contributed by atoms with Gasteiger partial charge in [0.25, 0.3) is 0 Å². The van der Waals surface area contributed by atoms with Crippen LogP contribution in [0.3, 0.4) is 0 Å². The molecule has 0 aromatic heterocycles. The van der Waals surface area contributed by atoms with Gasteiger partial charge in [-0.2, -0.15) is 0 Å². The molecule has 0 bridgehead atoms. The van der Waals surface area contributed by atoms with E-state index in [9.17, 15) is 4.79 Å². The maximum absolute atomic E-state index is 11.4. The highest BCUT2D eigenvalue weighted by molar-refractivity contribution is 5.87. The molecule has 1 fully saturated rings. The van der Waals surface area contributed by atoms with Gasteiger partial charge in [0, 0.05) is 19.7 Å². The second kappa shape index (κ2) is 9.94. The number of rotatable bonds is 9. The number of carbonyl (C=O) groups is 1. The molecule has 1 aliphatic heterocycles. The molecule has 0 aromatic rings. The number of carbonyl (C=O) groups excluding carboxylic acids is 1. The average Bonchev–Trinajstić information content (AvgIpc) is 2.45. The van der Waals surface area contributed by atoms with Crippen molar-refractivity contribution in [1.29, 1.82) is 0 Å². The number of likely N-dealkylation sites (tertiary alicyclic amines) is 1. The smallest absolute Gasteiger partial charge is 0.245 e. The van der Waals surface area contributed by atoms with Crippen molar-refractivity contribution >= 4 is 5.91 Å². The van der Waals surface area contributed by atoms with E-state index >= 15 is 0 Å². The fraction of sp³-hybridized carbons (Fsp3) is 0.812. The summed E-state index contributed by atoms with van der Waals surface area (Å²) in [5, 5.41) is 0. The summed E-state index contributed by atoms with van der Waals surface area (Å²) in [5.41, 5.74) is 0. The molecular weight excluding hydrogens is 254 g/mol. The first kappa shape index (κ1) is 17.2. The first-order valence-electron chi connectivity index (χ1n) is 7.74. The third kappa shape index (κ3) is 7.06. The zero-order chi connectivity index (χ0) is 14.8. The van der Waals surface area contributed by atoms with E-state index in [-0.39, 0.29) is 12.0 Å². The summed E-state index contributed by atoms with van der Waals surface area (Å²) in [4.78, 5) is 13.3. The number of amides is 1. The molecule has 1 saturated heterocycles. The number of ether oxygens (including phenoxy) is 2. The highest BCUT2D eigenvalue weighted by Gasteiger charge is 2.21. The minimum absolute atomic E-state index is 0.0249. The Hall–Kier alpha value is -0.870. The van der Waals surface area contributed by atoms with Crippen LogP contribution in [-0.2, 0) is 14.3 Å². The summed E-state index contributed by atoms with van der Waals surface area (Å²) < 4.78 is 11.3. The number of piperidine rings is 1. The average molecular weight is 283 g/mol. The Morgan fingerprint density at radius 2 is 2.00 bits per heavy atom. The van der Waals surface area contributed by atoms with Crippen molar-refractivity contribution in [1.82, 2.24) is 4.90 Å². The van der Waals surface area contributed by atoms with E-state index in [0.717, 1.165) is 44.9 Å². The Bertz CT molecular complexity index is 283. The highest BCUT2D eigenvalue weighted by Crippen LogP contribution is 2.13. The van der Waals surface area contributed by atoms with Crippen LogP contribution < -0.4 is 0 Å². The molecule has 0 unspecified atom stereocenters. The van der Waals surface area contributed by atoms with Crippen molar-refractivity contribution in [3.63, 3.8) is 0 Å². The Morgan fingerprint density at radius 3 is 2.60 bits per heavy atom. The molecule has 0 aromatic carbocycles. The quantitative estimate of drug-likeness (QED) is 0.482. The minimum atomic E-state index is 0.0249. The van der Waals surface area contributed by atoms with Gasteiger partial charge in [-0.05, 0) is 37.7 Å². The van der Waals surface area contributed by atoms with Gasteiger partial charge in [0.2, 0.25) is 5.91 Å². The van der Waals surface area contributed by atoms with E-state index in [0.29, 0.717) is 13.2 Å². The predicted molar refractivity (Wildman–Crippen MR) is 80.6 cm³/mol. The zero-order valence-electron chi connectivity index (χ0n) is 13.0. The third-order valence-corrected chi connectivity index (χ3v) is 3.58. The van der Waals surface area contributed by atoms with Gasteiger partial charge < -0.3 is 14.4 Å². The molecule has 0 saturated carbocycles. The lowest BCUT2D eigenvalue weighted by Gasteiger charge is -2.31. The lowest BCUT2D eigenvalue weighted by atomic mass is 10.1. The van der Waals surface area contributed by atoms with Crippen LogP contribution in [0.1, 0.15) is 39.5 Å². The molecule has 20 heavy (non-hydrogen) atoms. The van der Waals surface area contributed by atoms with Crippen molar-refractivity contribution in [3.05, 3.63) is 12.7 Å². The largest absolute Gasteiger partial charge is 0.379 e. The standard InChI is InChI=1S/C16H29NO3/c1-4-16(18)17-9-7-15(8-10-17)20-13-12-19-11-5-6-14(2)3/h4,14-15H,1,5-13H2,2-3H3. The number of hydrogen-bond donors (Lipinski definition) is 0. The molecule has 0 N–H and O–H groups in total. The van der Waals surface area contributed by atoms with Gasteiger partial charge in [0.1, 0.15) is 0 Å². The molecule has 116 valence electrons. The zero-order valence-corrected chi connectivity index (χ0v) is 13.0. The number of hydrogen-bond acceptors (Lipinski definition) is 3. The van der Waals surface area contributed by atoms with Crippen LogP contribution in [-0.4, -0.2) is 49.8 Å². The van der Waals surface area contributed by atoms with Gasteiger partial charge in [-0.3, -0.25) is 4.79 Å². The van der Waals surface area contributed by atoms with Crippen molar-refractivity contribution < 1.29 is 14.3 Å². The van der Waals surface area contributed by atoms with Crippen LogP contribution >= 0.6 is 0 Å². The molecule has 1 heterocycles. The van der Waals surface area contributed by atoms with Crippen molar-refractivity contribution in [2.24, 2.45) is 5.92 Å². The predicted octanol–water partition coefficient (Wildman–Crippen LogP) is 2.63. The van der Waals surface area contributed by atoms with E-state index in [4.69, 9.17) is 9.47 Å². The Labute approximate surface area is 123 Å². The number of nitrogens with zero attached hydrogens (tertiary/aromatic N) is 1. The molecule has 4 heteroatoms. The molecule has 1 aliphatic rings. The summed E-state index contributed by atoms with van der Waals surface area (Å²) in [6.07, 6.45) is 5.81. The maximum Gasteiger partial charge on any atom is 0.245 e. The van der Waals surface area contributed by atoms with E-state index in [1.54, 1.807) is 0 Å². The van der Waals surface area contributed by atoms with Gasteiger partial charge >= 0.3 is 0 Å². The normalized spacial score (nSPS) is 16.6. The Balaban J connectivity index is 1.96. The van der Waals surface area contributed by atoms with E-state index in [2.05, 4.69) is 20.4 Å². The van der Waals surface area contributed by atoms with Gasteiger partial charge in [0.05, 0.1) is 19.3 Å². The summed E-state index contributed by atoms with van der Waals surface area (Å²) in [6, 6.07) is 0. The van der Waals surface area contributed by atoms with Crippen molar-refractivity contribution in [2.75, 3.05) is 32.9 Å². The van der Waals surface area contributed by atoms with Gasteiger partial charge in [-0.15, -0.1) is 0 Å². The van der Waals surface area contributed by atoms with Gasteiger partial charge in [-0.25, -0.2) is 0 Å². The molecule has 0 radical (unpaired) electrons. The van der Waals surface area contributed by atoms with E-state index < -0.39 is 0 Å². The fourth-order valence-electron chi connectivity index (χ4n) is 2.34. The SMILES string of the molecule is C=CC(=O)N1CCC(OCCOCCCC(C)C)CC1. The first-order valence-corrected chi connectivity index (χ1v) is 7.74. The van der Waals surface area contributed by atoms with Crippen LogP contribution in [0, 0.1) is 5.92 Å². The summed E-state index contributed by atoms with van der Waals surface area (Å²) in [5.74, 6) is 0.773. The molecule has 0 atom stereocenters. The minimum Gasteiger partial charge on any atom is -0.379 e. The Morgan fingerprint density at radius 1 is 1.30 bits per heavy atom. The van der Waals surface area contributed by atoms with E-state index in [1.165, 1.54) is 12.5 Å². The molecule has 1 amide bonds. The van der Waals surface area contributed by atoms with Gasteiger partial charge in [-0.1, -0.05) is 20.4 Å². The van der Waals surface area contributed by atoms with Crippen LogP contribution in [0.15, 0.2) is 12.7 Å². The fourth-order valence-corrected chi connectivity index (χ4v) is 2.34. The highest BCUT2D eigenvalue weighted by atomic mass is 16.5. The maximum atomic E-state index is 11.4. The Kier molecular flexibility index (Phi) is 8.54. The summed E-state index contributed by atoms with van der Waals surface area (Å²) in [7, 11) is 0. The molecule has 0 spiro atoms. The van der Waals surface area contributed by atoms with Crippen LogP contribution in [0.5, 0.6) is 0 Å². The van der Waals surface area contributed by atoms with Gasteiger partial charge in [0.15, 0.2) is 0 Å². The first-order chi connectivity index (χ1) is 9.63. The topological polar surface area (TPSA) is 38.8 Å². The summed E-state index contributed by atoms with van der Waals surface area (Å²) >= 11 is 0. The molecular formula is C16H29NO3. The molecule has 1 rings (SSSR count). The van der Waals surface area contributed by atoms with Crippen LogP contribution in [0.4, 0.5) is 0 Å². The summed E-state index contributed by atoms with van der Waals surface area (Å²) in [6.45, 7) is 11.7. The second-order valence-electron chi connectivity index (χ2n) is 5.75. The lowest BCUT2D eigenvalue weighted by molar-refractivity contribution is -0.128.